The van der Waals surface area contributed by atoms with Crippen molar-refractivity contribution in [3.05, 3.63) is 47.2 Å². The average molecular weight is 415 g/mol. The van der Waals surface area contributed by atoms with E-state index in [4.69, 9.17) is 9.72 Å². The zero-order valence-corrected chi connectivity index (χ0v) is 18.3. The average Bonchev–Trinajstić information content (AvgIpc) is 3.56. The first-order valence-electron chi connectivity index (χ1n) is 10.2. The molecule has 0 spiro atoms. The first kappa shape index (κ1) is 21.6. The van der Waals surface area contributed by atoms with Crippen molar-refractivity contribution in [1.29, 1.82) is 0 Å². The van der Waals surface area contributed by atoms with Crippen molar-refractivity contribution in [3.8, 4) is 0 Å². The monoisotopic (exact) mass is 414 g/mol. The van der Waals surface area contributed by atoms with Gasteiger partial charge < -0.3 is 15.0 Å². The van der Waals surface area contributed by atoms with Crippen molar-refractivity contribution in [1.82, 2.24) is 15.3 Å². The van der Waals surface area contributed by atoms with Gasteiger partial charge in [0.2, 0.25) is 0 Å². The normalized spacial score (nSPS) is 13.3. The molecule has 0 atom stereocenters. The van der Waals surface area contributed by atoms with E-state index in [1.807, 2.05) is 37.4 Å². The van der Waals surface area contributed by atoms with Gasteiger partial charge in [0.15, 0.2) is 5.16 Å². The number of hydrogen-bond acceptors (Lipinski definition) is 6. The van der Waals surface area contributed by atoms with E-state index < -0.39 is 0 Å². The highest BCUT2D eigenvalue weighted by molar-refractivity contribution is 7.98. The Morgan fingerprint density at radius 3 is 2.69 bits per heavy atom. The van der Waals surface area contributed by atoms with Gasteiger partial charge >= 0.3 is 0 Å². The van der Waals surface area contributed by atoms with Crippen LogP contribution in [0, 0.1) is 5.92 Å². The molecule has 1 amide bonds. The molecule has 0 radical (unpaired) electrons. The molecule has 156 valence electrons. The van der Waals surface area contributed by atoms with Crippen LogP contribution in [0.1, 0.15) is 47.8 Å². The van der Waals surface area contributed by atoms with E-state index in [9.17, 15) is 4.79 Å². The molecule has 0 saturated heterocycles. The van der Waals surface area contributed by atoms with Gasteiger partial charge in [0.05, 0.1) is 12.3 Å². The Morgan fingerprint density at radius 1 is 1.28 bits per heavy atom. The molecule has 1 N–H and O–H groups in total. The van der Waals surface area contributed by atoms with Crippen LogP contribution in [0.3, 0.4) is 0 Å². The van der Waals surface area contributed by atoms with Crippen LogP contribution in [0.5, 0.6) is 0 Å². The van der Waals surface area contributed by atoms with Gasteiger partial charge in [0.25, 0.3) is 5.91 Å². The molecule has 0 bridgehead atoms. The summed E-state index contributed by atoms with van der Waals surface area (Å²) in [5.41, 5.74) is 2.73. The minimum absolute atomic E-state index is 0.00954. The zero-order chi connectivity index (χ0) is 20.6. The Hall–Kier alpha value is -2.12. The predicted octanol–water partition coefficient (Wildman–Crippen LogP) is 3.90. The maximum Gasteiger partial charge on any atom is 0.251 e. The number of ether oxygens (including phenoxy) is 1. The highest BCUT2D eigenvalue weighted by Gasteiger charge is 2.21. The highest BCUT2D eigenvalue weighted by Crippen LogP contribution is 2.27. The third-order valence-corrected chi connectivity index (χ3v) is 5.74. The number of amides is 1. The standard InChI is InChI=1S/C22H30N4O2S/c1-4-11-26(2)20-12-19(14-28-3)24-22(25-20)29-15-17-7-9-18(10-8-17)21(27)23-13-16-5-6-16/h7-10,12,16H,4-6,11,13-15H2,1-3H3,(H,23,27). The number of carbonyl (C=O) groups is 1. The second kappa shape index (κ2) is 10.6. The Morgan fingerprint density at radius 2 is 2.03 bits per heavy atom. The van der Waals surface area contributed by atoms with Crippen LogP contribution in [0.15, 0.2) is 35.5 Å². The van der Waals surface area contributed by atoms with Gasteiger partial charge in [0.1, 0.15) is 5.82 Å². The van der Waals surface area contributed by atoms with E-state index >= 15 is 0 Å². The number of nitrogens with one attached hydrogen (secondary N) is 1. The third kappa shape index (κ3) is 6.72. The molecule has 1 fully saturated rings. The van der Waals surface area contributed by atoms with Crippen molar-refractivity contribution in [2.45, 2.75) is 43.7 Å². The topological polar surface area (TPSA) is 67.3 Å². The van der Waals surface area contributed by atoms with Crippen molar-refractivity contribution >= 4 is 23.5 Å². The van der Waals surface area contributed by atoms with Crippen LogP contribution in [-0.4, -0.2) is 43.1 Å². The van der Waals surface area contributed by atoms with Crippen molar-refractivity contribution in [2.75, 3.05) is 32.1 Å². The van der Waals surface area contributed by atoms with Crippen LogP contribution < -0.4 is 10.2 Å². The number of rotatable bonds is 11. The summed E-state index contributed by atoms with van der Waals surface area (Å²) in [5, 5.41) is 3.74. The fourth-order valence-corrected chi connectivity index (χ4v) is 3.78. The van der Waals surface area contributed by atoms with Gasteiger partial charge in [-0.2, -0.15) is 0 Å². The Bertz CT molecular complexity index is 809. The van der Waals surface area contributed by atoms with Gasteiger partial charge in [-0.05, 0) is 42.9 Å². The van der Waals surface area contributed by atoms with Crippen molar-refractivity contribution in [3.63, 3.8) is 0 Å². The second-order valence-electron chi connectivity index (χ2n) is 7.49. The molecule has 6 nitrogen and oxygen atoms in total. The third-order valence-electron chi connectivity index (χ3n) is 4.82. The van der Waals surface area contributed by atoms with E-state index in [2.05, 4.69) is 22.1 Å². The summed E-state index contributed by atoms with van der Waals surface area (Å²) < 4.78 is 5.26. The first-order valence-corrected chi connectivity index (χ1v) is 11.2. The Labute approximate surface area is 177 Å². The molecular weight excluding hydrogens is 384 g/mol. The fourth-order valence-electron chi connectivity index (χ4n) is 2.95. The maximum absolute atomic E-state index is 12.2. The van der Waals surface area contributed by atoms with Gasteiger partial charge in [-0.1, -0.05) is 30.8 Å². The van der Waals surface area contributed by atoms with Gasteiger partial charge in [0, 0.05) is 44.6 Å². The van der Waals surface area contributed by atoms with E-state index in [1.165, 1.54) is 12.8 Å². The molecule has 29 heavy (non-hydrogen) atoms. The molecule has 1 aromatic carbocycles. The summed E-state index contributed by atoms with van der Waals surface area (Å²) in [7, 11) is 3.72. The maximum atomic E-state index is 12.2. The van der Waals surface area contributed by atoms with Crippen molar-refractivity contribution in [2.24, 2.45) is 5.92 Å². The zero-order valence-electron chi connectivity index (χ0n) is 17.5. The van der Waals surface area contributed by atoms with Crippen LogP contribution in [0.2, 0.25) is 0 Å². The smallest absolute Gasteiger partial charge is 0.251 e. The SMILES string of the molecule is CCCN(C)c1cc(COC)nc(SCc2ccc(C(=O)NCC3CC3)cc2)n1. The van der Waals surface area contributed by atoms with E-state index in [0.29, 0.717) is 18.1 Å². The minimum atomic E-state index is 0.00954. The molecular formula is C22H30N4O2S. The Kier molecular flexibility index (Phi) is 7.89. The molecule has 3 rings (SSSR count). The number of benzene rings is 1. The summed E-state index contributed by atoms with van der Waals surface area (Å²) in [5.74, 6) is 2.36. The molecule has 1 aliphatic carbocycles. The molecule has 1 aliphatic rings. The quantitative estimate of drug-likeness (QED) is 0.444. The molecule has 0 unspecified atom stereocenters. The lowest BCUT2D eigenvalue weighted by molar-refractivity contribution is 0.0952. The number of aromatic nitrogens is 2. The summed E-state index contributed by atoms with van der Waals surface area (Å²) >= 11 is 1.59. The minimum Gasteiger partial charge on any atom is -0.378 e. The summed E-state index contributed by atoms with van der Waals surface area (Å²) in [6.07, 6.45) is 3.53. The lowest BCUT2D eigenvalue weighted by Crippen LogP contribution is -2.25. The van der Waals surface area contributed by atoms with E-state index in [-0.39, 0.29) is 5.91 Å². The van der Waals surface area contributed by atoms with Gasteiger partial charge in [-0.3, -0.25) is 4.79 Å². The molecule has 2 aromatic rings. The molecule has 1 heterocycles. The number of hydrogen-bond donors (Lipinski definition) is 1. The summed E-state index contributed by atoms with van der Waals surface area (Å²) in [6, 6.07) is 9.77. The Balaban J connectivity index is 1.61. The molecule has 0 aliphatic heterocycles. The summed E-state index contributed by atoms with van der Waals surface area (Å²) in [6.45, 7) is 4.35. The molecule has 1 aromatic heterocycles. The molecule has 1 saturated carbocycles. The van der Waals surface area contributed by atoms with E-state index in [0.717, 1.165) is 47.5 Å². The largest absolute Gasteiger partial charge is 0.378 e. The van der Waals surface area contributed by atoms with Gasteiger partial charge in [-0.15, -0.1) is 0 Å². The lowest BCUT2D eigenvalue weighted by atomic mass is 10.1. The fraction of sp³-hybridized carbons (Fsp3) is 0.500. The number of nitrogens with zero attached hydrogens (tertiary/aromatic N) is 3. The number of thioether (sulfide) groups is 1. The number of anilines is 1. The highest BCUT2D eigenvalue weighted by atomic mass is 32.2. The number of carbonyl (C=O) groups excluding carboxylic acids is 1. The van der Waals surface area contributed by atoms with Gasteiger partial charge in [-0.25, -0.2) is 9.97 Å². The van der Waals surface area contributed by atoms with Crippen LogP contribution in [0.25, 0.3) is 0 Å². The van der Waals surface area contributed by atoms with Crippen LogP contribution >= 0.6 is 11.8 Å². The lowest BCUT2D eigenvalue weighted by Gasteiger charge is -2.18. The summed E-state index contributed by atoms with van der Waals surface area (Å²) in [4.78, 5) is 23.6. The van der Waals surface area contributed by atoms with Crippen LogP contribution in [-0.2, 0) is 17.1 Å². The van der Waals surface area contributed by atoms with Crippen molar-refractivity contribution < 1.29 is 9.53 Å². The predicted molar refractivity (Wildman–Crippen MR) is 117 cm³/mol. The second-order valence-corrected chi connectivity index (χ2v) is 8.44. The first-order chi connectivity index (χ1) is 14.1. The van der Waals surface area contributed by atoms with E-state index in [1.54, 1.807) is 18.9 Å². The van der Waals surface area contributed by atoms with Crippen LogP contribution in [0.4, 0.5) is 5.82 Å². The number of methoxy groups -OCH3 is 1. The molecule has 7 heteroatoms.